The largest absolute Gasteiger partial charge is 0.354 e. The molecule has 0 spiro atoms. The molecule has 0 amide bonds. The van der Waals surface area contributed by atoms with Crippen LogP contribution in [0.2, 0.25) is 0 Å². The number of piperidine rings is 1. The number of hydrogen-bond acceptors (Lipinski definition) is 4. The minimum Gasteiger partial charge on any atom is -0.354 e. The van der Waals surface area contributed by atoms with E-state index in [1.54, 1.807) is 30.2 Å². The number of H-pyrrole nitrogens is 1. The van der Waals surface area contributed by atoms with E-state index < -0.39 is 0 Å². The third-order valence-electron chi connectivity index (χ3n) is 6.84. The number of rotatable bonds is 5. The molecule has 172 valence electrons. The molecule has 7 heteroatoms. The Balaban J connectivity index is 1.41. The molecule has 1 aliphatic rings. The van der Waals surface area contributed by atoms with E-state index in [0.29, 0.717) is 17.2 Å². The fourth-order valence-electron chi connectivity index (χ4n) is 5.12. The molecule has 1 N–H and O–H groups in total. The number of nitrogens with zero attached hydrogens (tertiary/aromatic N) is 5. The third-order valence-corrected chi connectivity index (χ3v) is 6.84. The van der Waals surface area contributed by atoms with Gasteiger partial charge in [-0.2, -0.15) is 5.10 Å². The fourth-order valence-corrected chi connectivity index (χ4v) is 5.12. The quantitative estimate of drug-likeness (QED) is 0.451. The second-order valence-corrected chi connectivity index (χ2v) is 9.52. The summed E-state index contributed by atoms with van der Waals surface area (Å²) in [5.41, 5.74) is 5.50. The Bertz CT molecular complexity index is 1280. The highest BCUT2D eigenvalue weighted by Crippen LogP contribution is 2.39. The number of aromatic nitrogens is 5. The molecule has 0 radical (unpaired) electrons. The van der Waals surface area contributed by atoms with Gasteiger partial charge in [-0.05, 0) is 74.0 Å². The van der Waals surface area contributed by atoms with Gasteiger partial charge in [0.2, 0.25) is 0 Å². The van der Waals surface area contributed by atoms with Gasteiger partial charge in [0.25, 0.3) is 0 Å². The number of likely N-dealkylation sites (tertiary alicyclic amines) is 1. The number of benzene rings is 1. The molecule has 0 unspecified atom stereocenters. The molecule has 1 fully saturated rings. The predicted octanol–water partition coefficient (Wildman–Crippen LogP) is 5.31. The molecular weight excluding hydrogens is 415 g/mol. The summed E-state index contributed by atoms with van der Waals surface area (Å²) >= 11 is 0. The van der Waals surface area contributed by atoms with Gasteiger partial charge in [0, 0.05) is 29.7 Å². The molecule has 33 heavy (non-hydrogen) atoms. The number of pyridine rings is 1. The summed E-state index contributed by atoms with van der Waals surface area (Å²) in [5, 5.41) is 5.61. The molecule has 6 nitrogen and oxygen atoms in total. The number of aromatic amines is 1. The highest BCUT2D eigenvalue weighted by atomic mass is 19.1. The Kier molecular flexibility index (Phi) is 5.74. The van der Waals surface area contributed by atoms with E-state index in [1.807, 2.05) is 7.05 Å². The molecule has 1 saturated heterocycles. The van der Waals surface area contributed by atoms with Crippen LogP contribution in [0.4, 0.5) is 4.39 Å². The predicted molar refractivity (Wildman–Crippen MR) is 129 cm³/mol. The van der Waals surface area contributed by atoms with Crippen molar-refractivity contribution in [3.8, 4) is 11.3 Å². The minimum absolute atomic E-state index is 0.249. The zero-order valence-corrected chi connectivity index (χ0v) is 19.8. The van der Waals surface area contributed by atoms with Gasteiger partial charge in [0.05, 0.1) is 17.9 Å². The zero-order valence-electron chi connectivity index (χ0n) is 19.8. The maximum Gasteiger partial charge on any atom is 0.164 e. The molecule has 0 atom stereocenters. The van der Waals surface area contributed by atoms with Crippen LogP contribution in [0.1, 0.15) is 61.2 Å². The topological polar surface area (TPSA) is 62.6 Å². The summed E-state index contributed by atoms with van der Waals surface area (Å²) in [6.07, 6.45) is 5.67. The van der Waals surface area contributed by atoms with Crippen LogP contribution < -0.4 is 0 Å². The molecule has 0 saturated carbocycles. The fraction of sp³-hybridized carbons (Fsp3) is 0.423. The van der Waals surface area contributed by atoms with Crippen LogP contribution in [0.3, 0.4) is 0 Å². The number of nitrogens with one attached hydrogen (secondary N) is 1. The Morgan fingerprint density at radius 2 is 1.94 bits per heavy atom. The normalized spacial score (nSPS) is 15.7. The van der Waals surface area contributed by atoms with Crippen molar-refractivity contribution in [3.63, 3.8) is 0 Å². The first kappa shape index (κ1) is 21.8. The SMILES string of the molecule is Cc1nccc(-c2[nH]c3ccc(C4CCN(Cc5ncn(C)n5)CC4)cc3c2C(C)C)c1F. The minimum atomic E-state index is -0.249. The summed E-state index contributed by atoms with van der Waals surface area (Å²) in [7, 11) is 1.90. The summed E-state index contributed by atoms with van der Waals surface area (Å²) < 4.78 is 16.7. The highest BCUT2D eigenvalue weighted by Gasteiger charge is 2.24. The first-order valence-electron chi connectivity index (χ1n) is 11.7. The van der Waals surface area contributed by atoms with Gasteiger partial charge in [0.1, 0.15) is 6.33 Å². The van der Waals surface area contributed by atoms with Gasteiger partial charge in [-0.3, -0.25) is 14.6 Å². The van der Waals surface area contributed by atoms with Crippen LogP contribution >= 0.6 is 0 Å². The second kappa shape index (κ2) is 8.71. The lowest BCUT2D eigenvalue weighted by Gasteiger charge is -2.31. The molecule has 4 aromatic rings. The van der Waals surface area contributed by atoms with E-state index in [4.69, 9.17) is 0 Å². The maximum absolute atomic E-state index is 14.9. The van der Waals surface area contributed by atoms with Gasteiger partial charge in [-0.1, -0.05) is 19.9 Å². The van der Waals surface area contributed by atoms with Crippen molar-refractivity contribution in [3.05, 3.63) is 65.3 Å². The Morgan fingerprint density at radius 3 is 2.64 bits per heavy atom. The molecule has 0 bridgehead atoms. The third kappa shape index (κ3) is 4.17. The van der Waals surface area contributed by atoms with Crippen LogP contribution in [0.5, 0.6) is 0 Å². The Morgan fingerprint density at radius 1 is 1.15 bits per heavy atom. The van der Waals surface area contributed by atoms with Crippen LogP contribution in [0, 0.1) is 12.7 Å². The van der Waals surface area contributed by atoms with E-state index in [0.717, 1.165) is 49.5 Å². The monoisotopic (exact) mass is 446 g/mol. The molecule has 3 aromatic heterocycles. The maximum atomic E-state index is 14.9. The first-order chi connectivity index (χ1) is 15.9. The first-order valence-corrected chi connectivity index (χ1v) is 11.7. The summed E-state index contributed by atoms with van der Waals surface area (Å²) in [6.45, 7) is 8.95. The highest BCUT2D eigenvalue weighted by molar-refractivity contribution is 5.92. The lowest BCUT2D eigenvalue weighted by molar-refractivity contribution is 0.200. The number of fused-ring (bicyclic) bond motifs is 1. The van der Waals surface area contributed by atoms with Gasteiger partial charge in [0.15, 0.2) is 11.6 Å². The lowest BCUT2D eigenvalue weighted by Crippen LogP contribution is -2.32. The summed E-state index contributed by atoms with van der Waals surface area (Å²) in [6, 6.07) is 8.50. The number of halogens is 1. The van der Waals surface area contributed by atoms with Crippen LogP contribution in [-0.2, 0) is 13.6 Å². The van der Waals surface area contributed by atoms with E-state index >= 15 is 0 Å². The van der Waals surface area contributed by atoms with Crippen molar-refractivity contribution in [1.82, 2.24) is 29.6 Å². The van der Waals surface area contributed by atoms with Crippen LogP contribution in [0.25, 0.3) is 22.2 Å². The molecule has 0 aliphatic carbocycles. The van der Waals surface area contributed by atoms with Gasteiger partial charge < -0.3 is 4.98 Å². The smallest absolute Gasteiger partial charge is 0.164 e. The average molecular weight is 447 g/mol. The number of hydrogen-bond donors (Lipinski definition) is 1. The zero-order chi connectivity index (χ0) is 23.1. The standard InChI is InChI=1S/C26H31FN6/c1-16(2)24-21-13-19(18-8-11-33(12-9-18)14-23-29-15-32(4)31-23)5-6-22(21)30-26(24)20-7-10-28-17(3)25(20)27/h5-7,10,13,15-16,18,30H,8-9,11-12,14H2,1-4H3. The summed E-state index contributed by atoms with van der Waals surface area (Å²) in [4.78, 5) is 14.4. The van der Waals surface area contributed by atoms with Crippen molar-refractivity contribution < 1.29 is 4.39 Å². The van der Waals surface area contributed by atoms with E-state index in [1.165, 1.54) is 16.5 Å². The molecule has 4 heterocycles. The van der Waals surface area contributed by atoms with Gasteiger partial charge in [-0.25, -0.2) is 9.37 Å². The van der Waals surface area contributed by atoms with Crippen LogP contribution in [-0.4, -0.2) is 42.7 Å². The van der Waals surface area contributed by atoms with Crippen molar-refractivity contribution in [2.75, 3.05) is 13.1 Å². The van der Waals surface area contributed by atoms with Crippen LogP contribution in [0.15, 0.2) is 36.8 Å². The van der Waals surface area contributed by atoms with E-state index in [2.05, 4.69) is 57.0 Å². The van der Waals surface area contributed by atoms with Gasteiger partial charge >= 0.3 is 0 Å². The number of aryl methyl sites for hydroxylation is 2. The van der Waals surface area contributed by atoms with Crippen molar-refractivity contribution in [2.24, 2.45) is 7.05 Å². The Labute approximate surface area is 193 Å². The molecule has 5 rings (SSSR count). The molecular formula is C26H31FN6. The lowest BCUT2D eigenvalue weighted by atomic mass is 9.87. The average Bonchev–Trinajstić information content (AvgIpc) is 3.38. The molecule has 1 aromatic carbocycles. The van der Waals surface area contributed by atoms with E-state index in [-0.39, 0.29) is 11.7 Å². The second-order valence-electron chi connectivity index (χ2n) is 9.52. The van der Waals surface area contributed by atoms with Gasteiger partial charge in [-0.15, -0.1) is 0 Å². The molecule has 1 aliphatic heterocycles. The summed E-state index contributed by atoms with van der Waals surface area (Å²) in [5.74, 6) is 1.43. The van der Waals surface area contributed by atoms with Crippen molar-refractivity contribution in [2.45, 2.75) is 52.0 Å². The van der Waals surface area contributed by atoms with E-state index in [9.17, 15) is 4.39 Å². The van der Waals surface area contributed by atoms with Crippen molar-refractivity contribution >= 4 is 10.9 Å². The van der Waals surface area contributed by atoms with Crippen molar-refractivity contribution in [1.29, 1.82) is 0 Å². The Hall–Kier alpha value is -3.06.